The van der Waals surface area contributed by atoms with E-state index in [1.807, 2.05) is 6.08 Å². The number of aliphatic hydroxyl groups excluding tert-OH is 1. The van der Waals surface area contributed by atoms with Crippen LogP contribution in [0.25, 0.3) is 0 Å². The largest absolute Gasteiger partial charge is 0.393 e. The number of hydrogen-bond acceptors (Lipinski definition) is 2. The quantitative estimate of drug-likeness (QED) is 0.650. The highest BCUT2D eigenvalue weighted by Crippen LogP contribution is 2.28. The molecule has 0 aromatic rings. The zero-order valence-electron chi connectivity index (χ0n) is 7.00. The lowest BCUT2D eigenvalue weighted by molar-refractivity contribution is -0.114. The van der Waals surface area contributed by atoms with Gasteiger partial charge in [0.15, 0.2) is 5.78 Å². The molecule has 0 saturated carbocycles. The van der Waals surface area contributed by atoms with E-state index in [1.165, 1.54) is 0 Å². The second-order valence-corrected chi connectivity index (χ2v) is 3.14. The van der Waals surface area contributed by atoms with Crippen LogP contribution in [0.4, 0.5) is 0 Å². The highest BCUT2D eigenvalue weighted by Gasteiger charge is 2.25. The summed E-state index contributed by atoms with van der Waals surface area (Å²) in [6.07, 6.45) is 3.42. The lowest BCUT2D eigenvalue weighted by Crippen LogP contribution is -2.19. The predicted molar refractivity (Wildman–Crippen MR) is 43.2 cm³/mol. The fraction of sp³-hybridized carbons (Fsp3) is 0.667. The molecule has 1 rings (SSSR count). The van der Waals surface area contributed by atoms with Gasteiger partial charge in [0.1, 0.15) is 0 Å². The number of hydrogen-bond donors (Lipinski definition) is 1. The van der Waals surface area contributed by atoms with Crippen molar-refractivity contribution in [1.29, 1.82) is 0 Å². The summed E-state index contributed by atoms with van der Waals surface area (Å²) >= 11 is 0. The number of carbonyl (C=O) groups excluding carboxylic acids is 1. The van der Waals surface area contributed by atoms with Crippen molar-refractivity contribution in [2.75, 3.05) is 0 Å². The molecule has 0 radical (unpaired) electrons. The molecule has 0 amide bonds. The summed E-state index contributed by atoms with van der Waals surface area (Å²) in [4.78, 5) is 11.0. The molecule has 62 valence electrons. The first-order chi connectivity index (χ1) is 5.13. The van der Waals surface area contributed by atoms with Crippen molar-refractivity contribution in [1.82, 2.24) is 0 Å². The molecular formula is C9H14O2. The third-order valence-corrected chi connectivity index (χ3v) is 2.23. The Labute approximate surface area is 66.9 Å². The number of ketones is 1. The number of carbonyl (C=O) groups is 1. The van der Waals surface area contributed by atoms with Gasteiger partial charge < -0.3 is 5.11 Å². The zero-order valence-corrected chi connectivity index (χ0v) is 7.00. The van der Waals surface area contributed by atoms with E-state index in [9.17, 15) is 9.90 Å². The minimum atomic E-state index is -0.382. The second-order valence-electron chi connectivity index (χ2n) is 3.14. The summed E-state index contributed by atoms with van der Waals surface area (Å²) < 4.78 is 0. The van der Waals surface area contributed by atoms with Gasteiger partial charge in [0.25, 0.3) is 0 Å². The molecule has 0 heterocycles. The Balaban J connectivity index is 2.71. The van der Waals surface area contributed by atoms with Crippen molar-refractivity contribution in [3.8, 4) is 0 Å². The van der Waals surface area contributed by atoms with Gasteiger partial charge in [0, 0.05) is 5.92 Å². The maximum absolute atomic E-state index is 11.0. The van der Waals surface area contributed by atoms with E-state index in [1.54, 1.807) is 13.8 Å². The standard InChI is InChI=1S/C9H14O2/c1-6(10)8-4-3-5-9(8)7(2)11/h4,7,9,11H,3,5H2,1-2H3. The lowest BCUT2D eigenvalue weighted by atomic mass is 9.94. The van der Waals surface area contributed by atoms with Crippen LogP contribution in [0.2, 0.25) is 0 Å². The van der Waals surface area contributed by atoms with Crippen LogP contribution in [0.15, 0.2) is 11.6 Å². The highest BCUT2D eigenvalue weighted by atomic mass is 16.3. The van der Waals surface area contributed by atoms with E-state index >= 15 is 0 Å². The highest BCUT2D eigenvalue weighted by molar-refractivity contribution is 5.94. The SMILES string of the molecule is CC(=O)C1=CCCC1C(C)O. The van der Waals surface area contributed by atoms with Gasteiger partial charge in [-0.3, -0.25) is 4.79 Å². The number of allylic oxidation sites excluding steroid dienone is 1. The molecule has 0 spiro atoms. The lowest BCUT2D eigenvalue weighted by Gasteiger charge is -2.15. The summed E-state index contributed by atoms with van der Waals surface area (Å²) in [7, 11) is 0. The van der Waals surface area contributed by atoms with Crippen LogP contribution in [0.1, 0.15) is 26.7 Å². The molecule has 11 heavy (non-hydrogen) atoms. The Kier molecular flexibility index (Phi) is 2.45. The molecule has 1 aliphatic carbocycles. The van der Waals surface area contributed by atoms with Gasteiger partial charge in [0.2, 0.25) is 0 Å². The third kappa shape index (κ3) is 1.69. The molecule has 0 saturated heterocycles. The van der Waals surface area contributed by atoms with Gasteiger partial charge in [-0.25, -0.2) is 0 Å². The molecule has 0 aliphatic heterocycles. The third-order valence-electron chi connectivity index (χ3n) is 2.23. The first-order valence-corrected chi connectivity index (χ1v) is 4.02. The van der Waals surface area contributed by atoms with Crippen LogP contribution in [0, 0.1) is 5.92 Å². The maximum atomic E-state index is 11.0. The van der Waals surface area contributed by atoms with E-state index in [0.29, 0.717) is 0 Å². The molecule has 2 heteroatoms. The van der Waals surface area contributed by atoms with Gasteiger partial charge >= 0.3 is 0 Å². The summed E-state index contributed by atoms with van der Waals surface area (Å²) in [5, 5.41) is 9.28. The fourth-order valence-corrected chi connectivity index (χ4v) is 1.63. The van der Waals surface area contributed by atoms with Gasteiger partial charge in [-0.15, -0.1) is 0 Å². The second kappa shape index (κ2) is 3.18. The zero-order chi connectivity index (χ0) is 8.43. The average Bonchev–Trinajstić information content (AvgIpc) is 2.32. The van der Waals surface area contributed by atoms with Crippen molar-refractivity contribution in [3.05, 3.63) is 11.6 Å². The van der Waals surface area contributed by atoms with Crippen LogP contribution >= 0.6 is 0 Å². The van der Waals surface area contributed by atoms with Crippen molar-refractivity contribution < 1.29 is 9.90 Å². The summed E-state index contributed by atoms with van der Waals surface area (Å²) in [6, 6.07) is 0. The van der Waals surface area contributed by atoms with Crippen molar-refractivity contribution in [2.45, 2.75) is 32.8 Å². The first kappa shape index (κ1) is 8.47. The van der Waals surface area contributed by atoms with E-state index in [4.69, 9.17) is 0 Å². The van der Waals surface area contributed by atoms with Crippen LogP contribution in [0.5, 0.6) is 0 Å². The molecule has 0 aromatic heterocycles. The minimum absolute atomic E-state index is 0.0903. The average molecular weight is 154 g/mol. The summed E-state index contributed by atoms with van der Waals surface area (Å²) in [6.45, 7) is 3.30. The number of rotatable bonds is 2. The fourth-order valence-electron chi connectivity index (χ4n) is 1.63. The molecule has 2 nitrogen and oxygen atoms in total. The van der Waals surface area contributed by atoms with Crippen molar-refractivity contribution >= 4 is 5.78 Å². The Morgan fingerprint density at radius 2 is 2.45 bits per heavy atom. The Bertz CT molecular complexity index is 192. The van der Waals surface area contributed by atoms with E-state index < -0.39 is 0 Å². The molecular weight excluding hydrogens is 140 g/mol. The van der Waals surface area contributed by atoms with Gasteiger partial charge in [0.05, 0.1) is 6.10 Å². The first-order valence-electron chi connectivity index (χ1n) is 4.02. The van der Waals surface area contributed by atoms with Gasteiger partial charge in [-0.05, 0) is 32.3 Å². The molecule has 2 atom stereocenters. The van der Waals surface area contributed by atoms with Crippen LogP contribution < -0.4 is 0 Å². The molecule has 1 aliphatic rings. The monoisotopic (exact) mass is 154 g/mol. The smallest absolute Gasteiger partial charge is 0.155 e. The molecule has 1 N–H and O–H groups in total. The summed E-state index contributed by atoms with van der Waals surface area (Å²) in [5.41, 5.74) is 0.819. The van der Waals surface area contributed by atoms with E-state index in [0.717, 1.165) is 18.4 Å². The Morgan fingerprint density at radius 1 is 1.82 bits per heavy atom. The van der Waals surface area contributed by atoms with Gasteiger partial charge in [-0.2, -0.15) is 0 Å². The minimum Gasteiger partial charge on any atom is -0.393 e. The maximum Gasteiger partial charge on any atom is 0.155 e. The number of Topliss-reactive ketones (excluding diaryl/α,β-unsaturated/α-hetero) is 1. The Morgan fingerprint density at radius 3 is 2.82 bits per heavy atom. The van der Waals surface area contributed by atoms with Crippen LogP contribution in [-0.2, 0) is 4.79 Å². The molecule has 0 fully saturated rings. The predicted octanol–water partition coefficient (Wildman–Crippen LogP) is 1.29. The van der Waals surface area contributed by atoms with Crippen molar-refractivity contribution in [2.24, 2.45) is 5.92 Å². The van der Waals surface area contributed by atoms with E-state index in [-0.39, 0.29) is 17.8 Å². The van der Waals surface area contributed by atoms with Crippen molar-refractivity contribution in [3.63, 3.8) is 0 Å². The molecule has 0 aromatic carbocycles. The van der Waals surface area contributed by atoms with Crippen LogP contribution in [-0.4, -0.2) is 17.0 Å². The summed E-state index contributed by atoms with van der Waals surface area (Å²) in [5.74, 6) is 0.195. The Hall–Kier alpha value is -0.630. The normalized spacial score (nSPS) is 26.5. The topological polar surface area (TPSA) is 37.3 Å². The molecule has 0 bridgehead atoms. The van der Waals surface area contributed by atoms with E-state index in [2.05, 4.69) is 0 Å². The van der Waals surface area contributed by atoms with Gasteiger partial charge in [-0.1, -0.05) is 6.08 Å². The molecule has 2 unspecified atom stereocenters. The number of aliphatic hydroxyl groups is 1. The van der Waals surface area contributed by atoms with Crippen LogP contribution in [0.3, 0.4) is 0 Å².